The van der Waals surface area contributed by atoms with Crippen LogP contribution < -0.4 is 15.7 Å². The van der Waals surface area contributed by atoms with Crippen LogP contribution in [0.4, 0.5) is 5.69 Å². The van der Waals surface area contributed by atoms with Gasteiger partial charge in [-0.15, -0.1) is 10.2 Å². The van der Waals surface area contributed by atoms with Crippen LogP contribution >= 0.6 is 11.8 Å². The van der Waals surface area contributed by atoms with Crippen molar-refractivity contribution in [2.75, 3.05) is 11.9 Å². The molecule has 0 aliphatic rings. The van der Waals surface area contributed by atoms with Crippen molar-refractivity contribution in [1.82, 2.24) is 29.7 Å². The average molecular weight is 540 g/mol. The molecular formula is C28H25N7O3S. The Kier molecular flexibility index (Phi) is 6.41. The van der Waals surface area contributed by atoms with Crippen LogP contribution in [0.2, 0.25) is 0 Å². The molecule has 39 heavy (non-hydrogen) atoms. The predicted molar refractivity (Wildman–Crippen MR) is 153 cm³/mol. The van der Waals surface area contributed by atoms with Gasteiger partial charge >= 0.3 is 5.69 Å². The molecule has 1 atom stereocenters. The van der Waals surface area contributed by atoms with Gasteiger partial charge in [-0.2, -0.15) is 0 Å². The number of para-hydroxylation sites is 1. The Morgan fingerprint density at radius 3 is 2.64 bits per heavy atom. The third-order valence-corrected chi connectivity index (χ3v) is 7.35. The van der Waals surface area contributed by atoms with Crippen molar-refractivity contribution in [3.05, 3.63) is 83.4 Å². The molecule has 6 rings (SSSR count). The zero-order valence-electron chi connectivity index (χ0n) is 21.2. The van der Waals surface area contributed by atoms with E-state index in [1.165, 1.54) is 11.8 Å². The maximum atomic E-state index is 13.1. The zero-order valence-corrected chi connectivity index (χ0v) is 22.0. The second kappa shape index (κ2) is 10.2. The van der Waals surface area contributed by atoms with Gasteiger partial charge in [-0.3, -0.25) is 9.36 Å². The highest BCUT2D eigenvalue weighted by molar-refractivity contribution is 8.00. The van der Waals surface area contributed by atoms with Gasteiger partial charge in [0.1, 0.15) is 5.75 Å². The minimum Gasteiger partial charge on any atom is -0.494 e. The molecule has 0 radical (unpaired) electrons. The van der Waals surface area contributed by atoms with Gasteiger partial charge in [-0.1, -0.05) is 30.0 Å². The van der Waals surface area contributed by atoms with Crippen LogP contribution in [0.3, 0.4) is 0 Å². The molecular weight excluding hydrogens is 514 g/mol. The molecule has 0 saturated carbocycles. The van der Waals surface area contributed by atoms with Gasteiger partial charge in [0.2, 0.25) is 5.91 Å². The summed E-state index contributed by atoms with van der Waals surface area (Å²) >= 11 is 1.31. The first-order valence-electron chi connectivity index (χ1n) is 12.4. The number of thioether (sulfide) groups is 1. The summed E-state index contributed by atoms with van der Waals surface area (Å²) in [6.07, 6.45) is 1.92. The Bertz CT molecular complexity index is 1850. The summed E-state index contributed by atoms with van der Waals surface area (Å²) < 4.78 is 7.58. The van der Waals surface area contributed by atoms with Gasteiger partial charge in [0.15, 0.2) is 11.0 Å². The molecule has 0 bridgehead atoms. The molecule has 4 N–H and O–H groups in total. The minimum atomic E-state index is -0.493. The standard InChI is InChI=1S/C28H25N7O3S/c1-3-38-19-11-9-18(10-12-19)35-25(21-15-29-22-7-5-4-6-20(21)22)33-34-28(35)39-16(2)26(36)30-17-8-13-23-24(14-17)32-27(37)31-23/h4-16,29H,3H2,1-2H3,(H,30,36)(H2,31,32,37)/t16-/m0/s1. The number of aromatic nitrogens is 6. The Morgan fingerprint density at radius 1 is 1.03 bits per heavy atom. The molecule has 10 nitrogen and oxygen atoms in total. The summed E-state index contributed by atoms with van der Waals surface area (Å²) in [4.78, 5) is 33.4. The molecule has 0 aliphatic carbocycles. The van der Waals surface area contributed by atoms with E-state index in [0.717, 1.165) is 27.9 Å². The van der Waals surface area contributed by atoms with Crippen LogP contribution in [0.1, 0.15) is 13.8 Å². The summed E-state index contributed by atoms with van der Waals surface area (Å²) in [5.74, 6) is 1.23. The van der Waals surface area contributed by atoms with Crippen LogP contribution in [-0.2, 0) is 4.79 Å². The molecule has 3 aromatic carbocycles. The highest BCUT2D eigenvalue weighted by Crippen LogP contribution is 2.34. The maximum absolute atomic E-state index is 13.1. The van der Waals surface area contributed by atoms with E-state index in [1.807, 2.05) is 73.1 Å². The quantitative estimate of drug-likeness (QED) is 0.199. The fourth-order valence-corrected chi connectivity index (χ4v) is 5.30. The molecule has 0 saturated heterocycles. The van der Waals surface area contributed by atoms with E-state index in [2.05, 4.69) is 30.5 Å². The number of carbonyl (C=O) groups is 1. The lowest BCUT2D eigenvalue weighted by molar-refractivity contribution is -0.115. The van der Waals surface area contributed by atoms with Crippen molar-refractivity contribution in [3.8, 4) is 22.8 Å². The Hall–Kier alpha value is -4.77. The van der Waals surface area contributed by atoms with E-state index in [9.17, 15) is 9.59 Å². The monoisotopic (exact) mass is 539 g/mol. The summed E-state index contributed by atoms with van der Waals surface area (Å²) in [6.45, 7) is 4.34. The second-order valence-corrected chi connectivity index (χ2v) is 10.2. The highest BCUT2D eigenvalue weighted by atomic mass is 32.2. The Balaban J connectivity index is 1.32. The molecule has 6 aromatic rings. The number of nitrogens with one attached hydrogen (secondary N) is 4. The second-order valence-electron chi connectivity index (χ2n) is 8.91. The van der Waals surface area contributed by atoms with Crippen molar-refractivity contribution >= 4 is 45.3 Å². The number of imidazole rings is 1. The molecule has 196 valence electrons. The molecule has 3 heterocycles. The molecule has 0 spiro atoms. The van der Waals surface area contributed by atoms with Crippen LogP contribution in [-0.4, -0.2) is 47.5 Å². The molecule has 0 fully saturated rings. The summed E-state index contributed by atoms with van der Waals surface area (Å²) in [5.41, 5.74) is 4.34. The first kappa shape index (κ1) is 24.6. The molecule has 0 unspecified atom stereocenters. The van der Waals surface area contributed by atoms with Crippen molar-refractivity contribution < 1.29 is 9.53 Å². The van der Waals surface area contributed by atoms with Gasteiger partial charge in [-0.05, 0) is 62.4 Å². The number of hydrogen-bond acceptors (Lipinski definition) is 6. The van der Waals surface area contributed by atoms with E-state index < -0.39 is 5.25 Å². The predicted octanol–water partition coefficient (Wildman–Crippen LogP) is 5.10. The van der Waals surface area contributed by atoms with E-state index in [0.29, 0.717) is 34.3 Å². The topological polar surface area (TPSA) is 133 Å². The fourth-order valence-electron chi connectivity index (χ4n) is 4.43. The molecule has 1 amide bonds. The number of H-pyrrole nitrogens is 3. The summed E-state index contributed by atoms with van der Waals surface area (Å²) in [6, 6.07) is 21.0. The van der Waals surface area contributed by atoms with E-state index in [4.69, 9.17) is 4.74 Å². The van der Waals surface area contributed by atoms with Gasteiger partial charge in [0.25, 0.3) is 0 Å². The number of carbonyl (C=O) groups excluding carboxylic acids is 1. The first-order valence-corrected chi connectivity index (χ1v) is 13.3. The molecule has 3 aromatic heterocycles. The summed E-state index contributed by atoms with van der Waals surface area (Å²) in [7, 11) is 0. The smallest absolute Gasteiger partial charge is 0.323 e. The highest BCUT2D eigenvalue weighted by Gasteiger charge is 2.23. The Morgan fingerprint density at radius 2 is 1.82 bits per heavy atom. The van der Waals surface area contributed by atoms with Crippen LogP contribution in [0.25, 0.3) is 39.0 Å². The van der Waals surface area contributed by atoms with Crippen molar-refractivity contribution in [3.63, 3.8) is 0 Å². The van der Waals surface area contributed by atoms with Crippen molar-refractivity contribution in [2.24, 2.45) is 0 Å². The number of hydrogen-bond donors (Lipinski definition) is 4. The number of nitrogens with zero attached hydrogens (tertiary/aromatic N) is 3. The zero-order chi connectivity index (χ0) is 26.9. The third kappa shape index (κ3) is 4.79. The normalized spacial score (nSPS) is 12.2. The fraction of sp³-hybridized carbons (Fsp3) is 0.143. The molecule has 11 heteroatoms. The number of amides is 1. The van der Waals surface area contributed by atoms with Gasteiger partial charge in [-0.25, -0.2) is 4.79 Å². The molecule has 0 aliphatic heterocycles. The largest absolute Gasteiger partial charge is 0.494 e. The van der Waals surface area contributed by atoms with Crippen molar-refractivity contribution in [1.29, 1.82) is 0 Å². The SMILES string of the molecule is CCOc1ccc(-n2c(S[C@@H](C)C(=O)Nc3ccc4[nH]c(=O)[nH]c4c3)nnc2-c2c[nH]c3ccccc23)cc1. The number of anilines is 1. The van der Waals surface area contributed by atoms with Crippen LogP contribution in [0.5, 0.6) is 5.75 Å². The lowest BCUT2D eigenvalue weighted by atomic mass is 10.1. The lowest BCUT2D eigenvalue weighted by Crippen LogP contribution is -2.22. The average Bonchev–Trinajstić information content (AvgIpc) is 3.65. The maximum Gasteiger partial charge on any atom is 0.323 e. The third-order valence-electron chi connectivity index (χ3n) is 6.30. The lowest BCUT2D eigenvalue weighted by Gasteiger charge is -2.14. The van der Waals surface area contributed by atoms with Crippen LogP contribution in [0, 0.1) is 0 Å². The van der Waals surface area contributed by atoms with Gasteiger partial charge < -0.3 is 25.0 Å². The summed E-state index contributed by atoms with van der Waals surface area (Å²) in [5, 5.41) is 13.1. The number of benzene rings is 3. The number of aromatic amines is 3. The van der Waals surface area contributed by atoms with Crippen molar-refractivity contribution in [2.45, 2.75) is 24.3 Å². The van der Waals surface area contributed by atoms with Crippen LogP contribution in [0.15, 0.2) is 82.9 Å². The number of ether oxygens (including phenoxy) is 1. The minimum absolute atomic E-state index is 0.202. The Labute approximate surface area is 226 Å². The number of fused-ring (bicyclic) bond motifs is 2. The van der Waals surface area contributed by atoms with Gasteiger partial charge in [0, 0.05) is 34.0 Å². The number of rotatable bonds is 8. The van der Waals surface area contributed by atoms with E-state index >= 15 is 0 Å². The first-order chi connectivity index (χ1) is 19.0. The van der Waals surface area contributed by atoms with E-state index in [1.54, 1.807) is 18.2 Å². The van der Waals surface area contributed by atoms with E-state index in [-0.39, 0.29) is 11.6 Å². The van der Waals surface area contributed by atoms with Gasteiger partial charge in [0.05, 0.1) is 22.9 Å².